The molecule has 5 rings (SSSR count). The summed E-state index contributed by atoms with van der Waals surface area (Å²) in [6.45, 7) is 8.84. The Morgan fingerprint density at radius 1 is 0.865 bits per heavy atom. The molecular formula is C30H39N5O2. The number of likely N-dealkylation sites (N-methyl/N-ethyl adjacent to an activating group) is 1. The third-order valence-electron chi connectivity index (χ3n) is 8.10. The van der Waals surface area contributed by atoms with Gasteiger partial charge in [0.15, 0.2) is 0 Å². The molecule has 0 aliphatic carbocycles. The lowest BCUT2D eigenvalue weighted by atomic mass is 9.86. The van der Waals surface area contributed by atoms with Crippen LogP contribution in [0.4, 0.5) is 11.6 Å². The summed E-state index contributed by atoms with van der Waals surface area (Å²) in [5.41, 5.74) is 1.93. The molecule has 0 atom stereocenters. The Kier molecular flexibility index (Phi) is 7.33. The molecule has 7 nitrogen and oxygen atoms in total. The van der Waals surface area contributed by atoms with Gasteiger partial charge in [-0.1, -0.05) is 63.8 Å². The predicted molar refractivity (Wildman–Crippen MR) is 150 cm³/mol. The first-order valence-electron chi connectivity index (χ1n) is 13.8. The third-order valence-corrected chi connectivity index (χ3v) is 8.10. The molecule has 1 fully saturated rings. The Bertz CT molecular complexity index is 1300. The standard InChI is InChI=1S/C30H39N5O2/c1-4-6-16-30(17-7-5-2)28(37)34(29-31-26-11-9-8-10-25(26)27(36)35(29)30)22-23-12-14-24(15-13-23)33-20-18-32(3)19-21-33/h8-15H,4-7,16-22H2,1-3H3. The zero-order valence-electron chi connectivity index (χ0n) is 22.4. The van der Waals surface area contributed by atoms with E-state index in [4.69, 9.17) is 4.98 Å². The number of unbranched alkanes of at least 4 members (excludes halogenated alkanes) is 2. The average molecular weight is 502 g/mol. The van der Waals surface area contributed by atoms with Crippen LogP contribution in [0, 0.1) is 0 Å². The largest absolute Gasteiger partial charge is 0.369 e. The van der Waals surface area contributed by atoms with Gasteiger partial charge >= 0.3 is 0 Å². The van der Waals surface area contributed by atoms with E-state index in [9.17, 15) is 9.59 Å². The molecular weight excluding hydrogens is 462 g/mol. The van der Waals surface area contributed by atoms with Crippen LogP contribution in [0.5, 0.6) is 0 Å². The molecule has 2 aliphatic rings. The molecule has 2 aromatic carbocycles. The molecule has 3 heterocycles. The van der Waals surface area contributed by atoms with Crippen molar-refractivity contribution in [2.75, 3.05) is 43.0 Å². The summed E-state index contributed by atoms with van der Waals surface area (Å²) in [4.78, 5) is 39.6. The Balaban J connectivity index is 1.53. The maximum atomic E-state index is 14.3. The quantitative estimate of drug-likeness (QED) is 0.423. The van der Waals surface area contributed by atoms with E-state index >= 15 is 0 Å². The van der Waals surface area contributed by atoms with Crippen LogP contribution in [0.15, 0.2) is 53.3 Å². The van der Waals surface area contributed by atoms with E-state index in [2.05, 4.69) is 55.0 Å². The number of anilines is 2. The van der Waals surface area contributed by atoms with Gasteiger partial charge in [0.25, 0.3) is 11.5 Å². The van der Waals surface area contributed by atoms with E-state index in [0.29, 0.717) is 36.2 Å². The summed E-state index contributed by atoms with van der Waals surface area (Å²) in [6.07, 6.45) is 5.05. The number of amides is 1. The fourth-order valence-corrected chi connectivity index (χ4v) is 5.83. The number of aromatic nitrogens is 2. The molecule has 0 radical (unpaired) electrons. The highest BCUT2D eigenvalue weighted by Crippen LogP contribution is 2.41. The first-order valence-corrected chi connectivity index (χ1v) is 13.8. The normalized spacial score (nSPS) is 17.5. The van der Waals surface area contributed by atoms with E-state index in [1.54, 1.807) is 9.47 Å². The van der Waals surface area contributed by atoms with E-state index in [0.717, 1.165) is 57.4 Å². The van der Waals surface area contributed by atoms with Gasteiger partial charge in [0, 0.05) is 31.9 Å². The molecule has 0 saturated carbocycles. The van der Waals surface area contributed by atoms with Crippen LogP contribution in [0.2, 0.25) is 0 Å². The van der Waals surface area contributed by atoms with Crippen molar-refractivity contribution in [2.45, 2.75) is 64.5 Å². The second-order valence-corrected chi connectivity index (χ2v) is 10.7. The van der Waals surface area contributed by atoms with Crippen molar-refractivity contribution in [3.63, 3.8) is 0 Å². The molecule has 37 heavy (non-hydrogen) atoms. The van der Waals surface area contributed by atoms with E-state index in [1.165, 1.54) is 5.69 Å². The zero-order chi connectivity index (χ0) is 26.0. The first kappa shape index (κ1) is 25.5. The highest BCUT2D eigenvalue weighted by molar-refractivity contribution is 6.02. The molecule has 2 aliphatic heterocycles. The predicted octanol–water partition coefficient (Wildman–Crippen LogP) is 4.77. The lowest BCUT2D eigenvalue weighted by molar-refractivity contribution is -0.126. The van der Waals surface area contributed by atoms with Crippen molar-refractivity contribution in [3.05, 3.63) is 64.4 Å². The fourth-order valence-electron chi connectivity index (χ4n) is 5.83. The zero-order valence-corrected chi connectivity index (χ0v) is 22.4. The molecule has 196 valence electrons. The summed E-state index contributed by atoms with van der Waals surface area (Å²) in [7, 11) is 2.16. The van der Waals surface area contributed by atoms with Crippen molar-refractivity contribution in [1.82, 2.24) is 14.5 Å². The van der Waals surface area contributed by atoms with E-state index in [-0.39, 0.29) is 11.5 Å². The van der Waals surface area contributed by atoms with Gasteiger partial charge in [-0.25, -0.2) is 4.98 Å². The van der Waals surface area contributed by atoms with Crippen molar-refractivity contribution < 1.29 is 4.79 Å². The molecule has 7 heteroatoms. The highest BCUT2D eigenvalue weighted by Gasteiger charge is 2.51. The number of para-hydroxylation sites is 1. The topological polar surface area (TPSA) is 61.7 Å². The summed E-state index contributed by atoms with van der Waals surface area (Å²) < 4.78 is 1.75. The molecule has 0 N–H and O–H groups in total. The number of hydrogen-bond acceptors (Lipinski definition) is 5. The number of fused-ring (bicyclic) bond motifs is 2. The number of hydrogen-bond donors (Lipinski definition) is 0. The SMILES string of the molecule is CCCCC1(CCCC)C(=O)N(Cc2ccc(N3CCN(C)CC3)cc2)c2nc3ccccc3c(=O)n21. The third kappa shape index (κ3) is 4.65. The van der Waals surface area contributed by atoms with Gasteiger partial charge in [-0.05, 0) is 49.7 Å². The minimum absolute atomic E-state index is 0.0115. The lowest BCUT2D eigenvalue weighted by Crippen LogP contribution is -2.46. The Hall–Kier alpha value is -3.19. The summed E-state index contributed by atoms with van der Waals surface area (Å²) >= 11 is 0. The smallest absolute Gasteiger partial charge is 0.263 e. The number of rotatable bonds is 9. The number of benzene rings is 2. The number of carbonyl (C=O) groups is 1. The Morgan fingerprint density at radius 2 is 1.51 bits per heavy atom. The van der Waals surface area contributed by atoms with Crippen molar-refractivity contribution >= 4 is 28.4 Å². The number of carbonyl (C=O) groups excluding carboxylic acids is 1. The second-order valence-electron chi connectivity index (χ2n) is 10.7. The van der Waals surface area contributed by atoms with E-state index < -0.39 is 5.54 Å². The molecule has 0 unspecified atom stereocenters. The van der Waals surface area contributed by atoms with Gasteiger partial charge in [0.2, 0.25) is 5.95 Å². The molecule has 3 aromatic rings. The minimum Gasteiger partial charge on any atom is -0.369 e. The van der Waals surface area contributed by atoms with Gasteiger partial charge in [0.05, 0.1) is 17.4 Å². The van der Waals surface area contributed by atoms with Crippen LogP contribution < -0.4 is 15.4 Å². The van der Waals surface area contributed by atoms with Gasteiger partial charge in [-0.15, -0.1) is 0 Å². The van der Waals surface area contributed by atoms with Crippen molar-refractivity contribution in [2.24, 2.45) is 0 Å². The maximum absolute atomic E-state index is 14.3. The van der Waals surface area contributed by atoms with Crippen LogP contribution >= 0.6 is 0 Å². The van der Waals surface area contributed by atoms with Crippen molar-refractivity contribution in [1.29, 1.82) is 0 Å². The number of nitrogens with zero attached hydrogens (tertiary/aromatic N) is 5. The molecule has 0 bridgehead atoms. The molecule has 1 aromatic heterocycles. The summed E-state index contributed by atoms with van der Waals surface area (Å²) in [6, 6.07) is 16.0. The lowest BCUT2D eigenvalue weighted by Gasteiger charge is -2.34. The minimum atomic E-state index is -0.866. The van der Waals surface area contributed by atoms with E-state index in [1.807, 2.05) is 24.3 Å². The van der Waals surface area contributed by atoms with Gasteiger partial charge in [0.1, 0.15) is 5.54 Å². The van der Waals surface area contributed by atoms with Crippen LogP contribution in [-0.2, 0) is 16.9 Å². The monoisotopic (exact) mass is 501 g/mol. The van der Waals surface area contributed by atoms with Gasteiger partial charge in [-0.3, -0.25) is 19.1 Å². The average Bonchev–Trinajstić information content (AvgIpc) is 3.14. The fraction of sp³-hybridized carbons (Fsp3) is 0.500. The molecule has 0 spiro atoms. The van der Waals surface area contributed by atoms with Crippen molar-refractivity contribution in [3.8, 4) is 0 Å². The van der Waals surface area contributed by atoms with Gasteiger partial charge < -0.3 is 9.80 Å². The van der Waals surface area contributed by atoms with Crippen LogP contribution in [0.1, 0.15) is 57.9 Å². The Morgan fingerprint density at radius 3 is 2.16 bits per heavy atom. The molecule has 1 saturated heterocycles. The van der Waals surface area contributed by atoms with Gasteiger partial charge in [-0.2, -0.15) is 0 Å². The first-order chi connectivity index (χ1) is 18.0. The number of piperazine rings is 1. The van der Waals surface area contributed by atoms with Crippen LogP contribution in [-0.4, -0.2) is 53.6 Å². The Labute approximate surface area is 219 Å². The van der Waals surface area contributed by atoms with Crippen LogP contribution in [0.25, 0.3) is 10.9 Å². The summed E-state index contributed by atoms with van der Waals surface area (Å²) in [5.74, 6) is 0.501. The highest BCUT2D eigenvalue weighted by atomic mass is 16.2. The second kappa shape index (κ2) is 10.7. The maximum Gasteiger partial charge on any atom is 0.263 e. The molecule has 1 amide bonds. The van der Waals surface area contributed by atoms with Crippen LogP contribution in [0.3, 0.4) is 0 Å². The summed E-state index contributed by atoms with van der Waals surface area (Å²) in [5, 5.41) is 0.579.